The molecule has 0 bridgehead atoms. The lowest BCUT2D eigenvalue weighted by Crippen LogP contribution is -2.39. The van der Waals surface area contributed by atoms with Gasteiger partial charge < -0.3 is 20.7 Å². The lowest BCUT2D eigenvalue weighted by molar-refractivity contribution is -0.121. The van der Waals surface area contributed by atoms with E-state index in [-0.39, 0.29) is 24.0 Å². The number of carbonyl (C=O) groups is 3. The molecule has 3 amide bonds. The summed E-state index contributed by atoms with van der Waals surface area (Å²) in [6, 6.07) is 2.57. The Morgan fingerprint density at radius 2 is 1.96 bits per heavy atom. The number of nitrogens with one attached hydrogen (secondary N) is 1. The summed E-state index contributed by atoms with van der Waals surface area (Å²) < 4.78 is 19.9. The summed E-state index contributed by atoms with van der Waals surface area (Å²) in [5.74, 6) is -1.79. The van der Waals surface area contributed by atoms with Gasteiger partial charge >= 0.3 is 0 Å². The van der Waals surface area contributed by atoms with E-state index >= 15 is 0 Å². The number of unbranched alkanes of at least 4 members (excludes halogenated alkanes) is 1. The number of anilines is 2. The number of rotatable bonds is 6. The smallest absolute Gasteiger partial charge is 0.265 e. The molecule has 0 aromatic heterocycles. The Morgan fingerprint density at radius 1 is 1.25 bits per heavy atom. The van der Waals surface area contributed by atoms with Gasteiger partial charge in [0.2, 0.25) is 5.91 Å². The van der Waals surface area contributed by atoms with Crippen LogP contribution in [0.4, 0.5) is 15.8 Å². The molecule has 3 rings (SSSR count). The molecule has 8 heteroatoms. The molecule has 150 valence electrons. The van der Waals surface area contributed by atoms with Crippen LogP contribution in [0.2, 0.25) is 0 Å². The molecule has 2 aliphatic rings. The molecule has 28 heavy (non-hydrogen) atoms. The van der Waals surface area contributed by atoms with Gasteiger partial charge in [-0.25, -0.2) is 4.39 Å². The molecule has 0 saturated carbocycles. The number of hydrogen-bond acceptors (Lipinski definition) is 4. The molecule has 0 atom stereocenters. The van der Waals surface area contributed by atoms with Gasteiger partial charge in [-0.3, -0.25) is 14.4 Å². The largest absolute Gasteiger partial charge is 0.481 e. The number of amides is 3. The predicted molar refractivity (Wildman–Crippen MR) is 102 cm³/mol. The van der Waals surface area contributed by atoms with E-state index in [0.29, 0.717) is 36.2 Å². The molecular weight excluding hydrogens is 365 g/mol. The van der Waals surface area contributed by atoms with Crippen LogP contribution >= 0.6 is 0 Å². The van der Waals surface area contributed by atoms with Gasteiger partial charge in [-0.1, -0.05) is 13.3 Å². The van der Waals surface area contributed by atoms with Gasteiger partial charge in [0.05, 0.1) is 11.4 Å². The monoisotopic (exact) mass is 389 g/mol. The van der Waals surface area contributed by atoms with E-state index in [0.717, 1.165) is 25.7 Å². The number of nitrogens with zero attached hydrogens (tertiary/aromatic N) is 1. The molecule has 1 aliphatic heterocycles. The van der Waals surface area contributed by atoms with E-state index in [1.807, 2.05) is 6.92 Å². The first-order valence-corrected chi connectivity index (χ1v) is 9.52. The number of carbonyl (C=O) groups excluding carboxylic acids is 3. The Labute approximate surface area is 162 Å². The van der Waals surface area contributed by atoms with Crippen LogP contribution in [0.1, 0.15) is 45.4 Å². The maximum absolute atomic E-state index is 14.5. The van der Waals surface area contributed by atoms with Crippen molar-refractivity contribution < 1.29 is 23.5 Å². The highest BCUT2D eigenvalue weighted by atomic mass is 19.1. The van der Waals surface area contributed by atoms with Gasteiger partial charge in [0, 0.05) is 23.8 Å². The Kier molecular flexibility index (Phi) is 5.96. The number of benzene rings is 1. The number of halogens is 1. The number of ether oxygens (including phenoxy) is 1. The standard InChI is InChI=1S/C20H24FN3O4/c1-2-3-8-24-16-10-15(14(21)9-17(16)28-11-18(24)25)23-20(27)13-7-5-4-6-12(13)19(22)26/h9-10H,2-8,11H2,1H3,(H2,22,26)(H,23,27). The number of hydrogen-bond donors (Lipinski definition) is 2. The van der Waals surface area contributed by atoms with Crippen LogP contribution in [0.25, 0.3) is 0 Å². The summed E-state index contributed by atoms with van der Waals surface area (Å²) in [6.07, 6.45) is 4.10. The lowest BCUT2D eigenvalue weighted by Gasteiger charge is -2.30. The van der Waals surface area contributed by atoms with Gasteiger partial charge in [-0.05, 0) is 38.2 Å². The van der Waals surface area contributed by atoms with Gasteiger partial charge in [-0.15, -0.1) is 0 Å². The van der Waals surface area contributed by atoms with Crippen LogP contribution < -0.4 is 20.7 Å². The van der Waals surface area contributed by atoms with E-state index in [9.17, 15) is 18.8 Å². The van der Waals surface area contributed by atoms with E-state index in [1.54, 1.807) is 4.90 Å². The SMILES string of the molecule is CCCCN1C(=O)COc2cc(F)c(NC(=O)C3=C(C(N)=O)CCCC3)cc21. The Morgan fingerprint density at radius 3 is 2.64 bits per heavy atom. The van der Waals surface area contributed by atoms with Gasteiger partial charge in [0.15, 0.2) is 12.4 Å². The highest BCUT2D eigenvalue weighted by molar-refractivity contribution is 6.10. The maximum atomic E-state index is 14.5. The van der Waals surface area contributed by atoms with Crippen molar-refractivity contribution in [1.82, 2.24) is 0 Å². The Bertz CT molecular complexity index is 850. The van der Waals surface area contributed by atoms with Crippen molar-refractivity contribution >= 4 is 29.1 Å². The molecule has 0 saturated heterocycles. The predicted octanol–water partition coefficient (Wildman–Crippen LogP) is 2.65. The molecule has 1 aromatic carbocycles. The van der Waals surface area contributed by atoms with E-state index < -0.39 is 17.6 Å². The normalized spacial score (nSPS) is 16.5. The van der Waals surface area contributed by atoms with Crippen molar-refractivity contribution in [2.45, 2.75) is 45.4 Å². The van der Waals surface area contributed by atoms with Crippen LogP contribution in [0, 0.1) is 5.82 Å². The maximum Gasteiger partial charge on any atom is 0.265 e. The Balaban J connectivity index is 1.91. The minimum Gasteiger partial charge on any atom is -0.481 e. The zero-order chi connectivity index (χ0) is 20.3. The van der Waals surface area contributed by atoms with Gasteiger partial charge in [0.25, 0.3) is 11.8 Å². The summed E-state index contributed by atoms with van der Waals surface area (Å²) in [7, 11) is 0. The summed E-state index contributed by atoms with van der Waals surface area (Å²) in [4.78, 5) is 38.0. The molecule has 1 aromatic rings. The topological polar surface area (TPSA) is 102 Å². The third-order valence-corrected chi connectivity index (χ3v) is 5.01. The fourth-order valence-electron chi connectivity index (χ4n) is 3.50. The van der Waals surface area contributed by atoms with Crippen molar-refractivity contribution in [2.75, 3.05) is 23.4 Å². The van der Waals surface area contributed by atoms with E-state index in [2.05, 4.69) is 5.32 Å². The molecule has 0 radical (unpaired) electrons. The molecule has 0 fully saturated rings. The van der Waals surface area contributed by atoms with Crippen LogP contribution in [0.15, 0.2) is 23.3 Å². The van der Waals surface area contributed by atoms with Crippen LogP contribution in [-0.2, 0) is 14.4 Å². The average molecular weight is 389 g/mol. The van der Waals surface area contributed by atoms with Crippen molar-refractivity contribution in [3.63, 3.8) is 0 Å². The minimum absolute atomic E-state index is 0.0644. The van der Waals surface area contributed by atoms with Crippen molar-refractivity contribution in [3.8, 4) is 5.75 Å². The fourth-order valence-corrected chi connectivity index (χ4v) is 3.50. The van der Waals surface area contributed by atoms with Crippen molar-refractivity contribution in [3.05, 3.63) is 29.1 Å². The van der Waals surface area contributed by atoms with E-state index in [4.69, 9.17) is 10.5 Å². The second-order valence-electron chi connectivity index (χ2n) is 6.97. The number of primary amides is 1. The zero-order valence-electron chi connectivity index (χ0n) is 15.8. The number of nitrogens with two attached hydrogens (primary N) is 1. The fraction of sp³-hybridized carbons (Fsp3) is 0.450. The second kappa shape index (κ2) is 8.41. The molecular formula is C20H24FN3O4. The third kappa shape index (κ3) is 4.00. The molecule has 1 heterocycles. The average Bonchev–Trinajstić information content (AvgIpc) is 2.68. The van der Waals surface area contributed by atoms with Crippen molar-refractivity contribution in [1.29, 1.82) is 0 Å². The van der Waals surface area contributed by atoms with Crippen LogP contribution in [-0.4, -0.2) is 30.9 Å². The zero-order valence-corrected chi connectivity index (χ0v) is 15.8. The molecule has 0 spiro atoms. The Hall–Kier alpha value is -2.90. The lowest BCUT2D eigenvalue weighted by atomic mass is 9.90. The molecule has 0 unspecified atom stereocenters. The first-order chi connectivity index (χ1) is 13.4. The first-order valence-electron chi connectivity index (χ1n) is 9.52. The number of fused-ring (bicyclic) bond motifs is 1. The second-order valence-corrected chi connectivity index (χ2v) is 6.97. The van der Waals surface area contributed by atoms with Gasteiger partial charge in [0.1, 0.15) is 5.75 Å². The van der Waals surface area contributed by atoms with E-state index in [1.165, 1.54) is 12.1 Å². The summed E-state index contributed by atoms with van der Waals surface area (Å²) in [5.41, 5.74) is 6.33. The highest BCUT2D eigenvalue weighted by Crippen LogP contribution is 2.37. The van der Waals surface area contributed by atoms with Gasteiger partial charge in [-0.2, -0.15) is 0 Å². The van der Waals surface area contributed by atoms with Crippen LogP contribution in [0.3, 0.4) is 0 Å². The molecule has 7 nitrogen and oxygen atoms in total. The first kappa shape index (κ1) is 19.9. The van der Waals surface area contributed by atoms with Crippen LogP contribution in [0.5, 0.6) is 5.75 Å². The molecule has 1 aliphatic carbocycles. The van der Waals surface area contributed by atoms with Crippen molar-refractivity contribution in [2.24, 2.45) is 5.73 Å². The summed E-state index contributed by atoms with van der Waals surface area (Å²) >= 11 is 0. The minimum atomic E-state index is -0.672. The molecule has 3 N–H and O–H groups in total. The highest BCUT2D eigenvalue weighted by Gasteiger charge is 2.28. The quantitative estimate of drug-likeness (QED) is 0.781. The third-order valence-electron chi connectivity index (χ3n) is 5.01. The summed E-state index contributed by atoms with van der Waals surface area (Å²) in [5, 5.41) is 2.53. The summed E-state index contributed by atoms with van der Waals surface area (Å²) in [6.45, 7) is 2.36.